The Morgan fingerprint density at radius 1 is 1.09 bits per heavy atom. The van der Waals surface area contributed by atoms with Crippen molar-refractivity contribution in [2.45, 2.75) is 37.0 Å². The SMILES string of the molecule is O=C(Nc1cc(F)cc(C(F)F)c1)C1CCC2(CC1)CN(CCS(=O)(=O)c1ccccc1)C2. The van der Waals surface area contributed by atoms with E-state index in [-0.39, 0.29) is 28.7 Å². The Kier molecular flexibility index (Phi) is 6.81. The van der Waals surface area contributed by atoms with Gasteiger partial charge in [-0.1, -0.05) is 18.2 Å². The summed E-state index contributed by atoms with van der Waals surface area (Å²) in [6.07, 6.45) is 0.213. The summed E-state index contributed by atoms with van der Waals surface area (Å²) in [7, 11) is -3.30. The monoisotopic (exact) mass is 480 g/mol. The highest BCUT2D eigenvalue weighted by Gasteiger charge is 2.46. The standard InChI is InChI=1S/C24H27F3N2O3S/c25-19-12-18(22(26)27)13-20(14-19)28-23(30)17-6-8-24(9-7-17)15-29(16-24)10-11-33(31,32)21-4-2-1-3-5-21/h1-5,12-14,17,22H,6-11,15-16H2,(H,28,30). The van der Waals surface area contributed by atoms with Gasteiger partial charge in [0.2, 0.25) is 5.91 Å². The molecule has 1 N–H and O–H groups in total. The zero-order valence-electron chi connectivity index (χ0n) is 18.1. The number of nitrogens with one attached hydrogen (secondary N) is 1. The van der Waals surface area contributed by atoms with Crippen molar-refractivity contribution in [2.75, 3.05) is 30.7 Å². The van der Waals surface area contributed by atoms with Crippen molar-refractivity contribution in [1.82, 2.24) is 4.90 Å². The number of halogens is 3. The molecule has 4 rings (SSSR count). The normalized spacial score (nSPS) is 18.9. The minimum Gasteiger partial charge on any atom is -0.326 e. The number of hydrogen-bond donors (Lipinski definition) is 1. The number of likely N-dealkylation sites (tertiary alicyclic amines) is 1. The van der Waals surface area contributed by atoms with Gasteiger partial charge < -0.3 is 10.2 Å². The molecule has 0 unspecified atom stereocenters. The van der Waals surface area contributed by atoms with Gasteiger partial charge in [-0.25, -0.2) is 21.6 Å². The summed E-state index contributed by atoms with van der Waals surface area (Å²) in [5, 5.41) is 2.58. The smallest absolute Gasteiger partial charge is 0.264 e. The lowest BCUT2D eigenvalue weighted by Gasteiger charge is -2.53. The maximum absolute atomic E-state index is 13.6. The van der Waals surface area contributed by atoms with Crippen molar-refractivity contribution in [1.29, 1.82) is 0 Å². The molecule has 1 amide bonds. The summed E-state index contributed by atoms with van der Waals surface area (Å²) < 4.78 is 64.2. The highest BCUT2D eigenvalue weighted by Crippen LogP contribution is 2.45. The largest absolute Gasteiger partial charge is 0.326 e. The van der Waals surface area contributed by atoms with Crippen LogP contribution in [0.5, 0.6) is 0 Å². The molecule has 1 saturated heterocycles. The second-order valence-electron chi connectivity index (χ2n) is 9.18. The van der Waals surface area contributed by atoms with Gasteiger partial charge in [0.25, 0.3) is 6.43 Å². The fourth-order valence-corrected chi connectivity index (χ4v) is 6.22. The van der Waals surface area contributed by atoms with Crippen LogP contribution < -0.4 is 5.32 Å². The Morgan fingerprint density at radius 2 is 1.76 bits per heavy atom. The van der Waals surface area contributed by atoms with Crippen molar-refractivity contribution in [2.24, 2.45) is 11.3 Å². The van der Waals surface area contributed by atoms with Gasteiger partial charge >= 0.3 is 0 Å². The molecule has 1 aliphatic carbocycles. The molecule has 178 valence electrons. The molecule has 0 radical (unpaired) electrons. The van der Waals surface area contributed by atoms with Crippen molar-refractivity contribution in [3.05, 3.63) is 59.9 Å². The molecule has 0 bridgehead atoms. The topological polar surface area (TPSA) is 66.5 Å². The van der Waals surface area contributed by atoms with Gasteiger partial charge in [0.15, 0.2) is 9.84 Å². The van der Waals surface area contributed by atoms with Gasteiger partial charge in [0.1, 0.15) is 5.82 Å². The third-order valence-electron chi connectivity index (χ3n) is 6.75. The lowest BCUT2D eigenvalue weighted by molar-refractivity contribution is -0.123. The maximum Gasteiger partial charge on any atom is 0.264 e. The molecule has 9 heteroatoms. The number of anilines is 1. The summed E-state index contributed by atoms with van der Waals surface area (Å²) in [5.41, 5.74) is -0.309. The van der Waals surface area contributed by atoms with E-state index in [4.69, 9.17) is 0 Å². The summed E-state index contributed by atoms with van der Waals surface area (Å²) >= 11 is 0. The zero-order chi connectivity index (χ0) is 23.6. The predicted molar refractivity (Wildman–Crippen MR) is 119 cm³/mol. The van der Waals surface area contributed by atoms with E-state index in [0.29, 0.717) is 24.3 Å². The quantitative estimate of drug-likeness (QED) is 0.626. The number of alkyl halides is 2. The molecule has 2 aliphatic rings. The molecule has 2 fully saturated rings. The first-order chi connectivity index (χ1) is 15.7. The van der Waals surface area contributed by atoms with E-state index >= 15 is 0 Å². The summed E-state index contributed by atoms with van der Waals surface area (Å²) in [5.74, 6) is -1.26. The molecule has 0 atom stereocenters. The number of nitrogens with zero attached hydrogens (tertiary/aromatic N) is 1. The van der Waals surface area contributed by atoms with Crippen LogP contribution in [0.1, 0.15) is 37.7 Å². The molecule has 2 aromatic carbocycles. The first kappa shape index (κ1) is 23.8. The Bertz CT molecular complexity index is 1090. The number of hydrogen-bond acceptors (Lipinski definition) is 4. The van der Waals surface area contributed by atoms with Crippen LogP contribution in [0.3, 0.4) is 0 Å². The van der Waals surface area contributed by atoms with Gasteiger partial charge in [-0.15, -0.1) is 0 Å². The number of carbonyl (C=O) groups is 1. The number of amides is 1. The summed E-state index contributed by atoms with van der Waals surface area (Å²) in [6, 6.07) is 11.3. The van der Waals surface area contributed by atoms with Gasteiger partial charge in [0, 0.05) is 36.8 Å². The van der Waals surface area contributed by atoms with Crippen LogP contribution in [-0.2, 0) is 14.6 Å². The number of benzene rings is 2. The van der Waals surface area contributed by atoms with Crippen LogP contribution in [-0.4, -0.2) is 44.6 Å². The van der Waals surface area contributed by atoms with Crippen molar-refractivity contribution >= 4 is 21.4 Å². The zero-order valence-corrected chi connectivity index (χ0v) is 19.0. The molecule has 2 aromatic rings. The fourth-order valence-electron chi connectivity index (χ4n) is 4.92. The first-order valence-corrected chi connectivity index (χ1v) is 12.7. The van der Waals surface area contributed by atoms with Gasteiger partial charge in [-0.05, 0) is 61.4 Å². The lowest BCUT2D eigenvalue weighted by atomic mass is 9.66. The van der Waals surface area contributed by atoms with Crippen molar-refractivity contribution < 1.29 is 26.4 Å². The van der Waals surface area contributed by atoms with Crippen molar-refractivity contribution in [3.8, 4) is 0 Å². The predicted octanol–water partition coefficient (Wildman–Crippen LogP) is 4.67. The van der Waals surface area contributed by atoms with Crippen LogP contribution in [0, 0.1) is 17.2 Å². The molecule has 1 aliphatic heterocycles. The van der Waals surface area contributed by atoms with Crippen LogP contribution >= 0.6 is 0 Å². The lowest BCUT2D eigenvalue weighted by Crippen LogP contribution is -2.58. The minimum atomic E-state index is -3.30. The summed E-state index contributed by atoms with van der Waals surface area (Å²) in [6.45, 7) is 2.11. The van der Waals surface area contributed by atoms with E-state index in [1.165, 1.54) is 0 Å². The maximum atomic E-state index is 13.6. The Balaban J connectivity index is 1.24. The summed E-state index contributed by atoms with van der Waals surface area (Å²) in [4.78, 5) is 15.1. The third-order valence-corrected chi connectivity index (χ3v) is 8.46. The fraction of sp³-hybridized carbons (Fsp3) is 0.458. The van der Waals surface area contributed by atoms with E-state index in [9.17, 15) is 26.4 Å². The molecule has 1 heterocycles. The highest BCUT2D eigenvalue weighted by molar-refractivity contribution is 7.91. The van der Waals surface area contributed by atoms with E-state index < -0.39 is 27.6 Å². The molecule has 0 aromatic heterocycles. The molecular formula is C24H27F3N2O3S. The highest BCUT2D eigenvalue weighted by atomic mass is 32.2. The third kappa shape index (κ3) is 5.58. The van der Waals surface area contributed by atoms with Crippen LogP contribution in [0.15, 0.2) is 53.4 Å². The van der Waals surface area contributed by atoms with Crippen LogP contribution in [0.2, 0.25) is 0 Å². The Labute approximate surface area is 191 Å². The molecule has 1 spiro atoms. The average Bonchev–Trinajstić information content (AvgIpc) is 2.76. The van der Waals surface area contributed by atoms with E-state index in [1.54, 1.807) is 30.3 Å². The van der Waals surface area contributed by atoms with E-state index in [0.717, 1.165) is 44.1 Å². The van der Waals surface area contributed by atoms with Crippen LogP contribution in [0.25, 0.3) is 0 Å². The minimum absolute atomic E-state index is 0.0463. The van der Waals surface area contributed by atoms with Crippen LogP contribution in [0.4, 0.5) is 18.9 Å². The number of sulfone groups is 1. The van der Waals surface area contributed by atoms with Gasteiger partial charge in [-0.3, -0.25) is 4.79 Å². The Morgan fingerprint density at radius 3 is 2.39 bits per heavy atom. The number of rotatable bonds is 7. The molecule has 5 nitrogen and oxygen atoms in total. The van der Waals surface area contributed by atoms with Gasteiger partial charge in [0.05, 0.1) is 10.6 Å². The number of carbonyl (C=O) groups excluding carboxylic acids is 1. The first-order valence-electron chi connectivity index (χ1n) is 11.1. The second kappa shape index (κ2) is 9.46. The molecule has 33 heavy (non-hydrogen) atoms. The average molecular weight is 481 g/mol. The van der Waals surface area contributed by atoms with Crippen molar-refractivity contribution in [3.63, 3.8) is 0 Å². The molecule has 1 saturated carbocycles. The second-order valence-corrected chi connectivity index (χ2v) is 11.3. The molecular weight excluding hydrogens is 453 g/mol. The van der Waals surface area contributed by atoms with E-state index in [2.05, 4.69) is 10.2 Å². The van der Waals surface area contributed by atoms with Gasteiger partial charge in [-0.2, -0.15) is 0 Å². The Hall–Kier alpha value is -2.39. The van der Waals surface area contributed by atoms with E-state index in [1.807, 2.05) is 0 Å².